The summed E-state index contributed by atoms with van der Waals surface area (Å²) in [6.45, 7) is 0. The van der Waals surface area contributed by atoms with Crippen LogP contribution in [-0.2, 0) is 9.84 Å². The first-order valence-corrected chi connectivity index (χ1v) is 14.1. The van der Waals surface area contributed by atoms with Crippen LogP contribution >= 0.6 is 21.9 Å². The van der Waals surface area contributed by atoms with Gasteiger partial charge in [0.2, 0.25) is 0 Å². The van der Waals surface area contributed by atoms with Crippen LogP contribution in [0.5, 0.6) is 0 Å². The number of benzene rings is 2. The third-order valence-electron chi connectivity index (χ3n) is 5.62. The minimum atomic E-state index is -3.59. The highest BCUT2D eigenvalue weighted by atomic mass is 32.3. The molecule has 2 aromatic heterocycles. The van der Waals surface area contributed by atoms with Crippen molar-refractivity contribution in [1.29, 1.82) is 0 Å². The lowest BCUT2D eigenvalue weighted by atomic mass is 10.2. The molecule has 0 bridgehead atoms. The van der Waals surface area contributed by atoms with Crippen molar-refractivity contribution < 1.29 is 17.5 Å². The second-order valence-corrected chi connectivity index (χ2v) is 13.2. The molecule has 1 saturated heterocycles. The Labute approximate surface area is 185 Å². The molecule has 0 saturated carbocycles. The number of nitrogens with one attached hydrogen (secondary N) is 1. The molecule has 162 valence electrons. The monoisotopic (exact) mass is 475 g/mol. The molecule has 0 aliphatic carbocycles. The van der Waals surface area contributed by atoms with Crippen molar-refractivity contribution in [3.8, 4) is 0 Å². The number of pyridine rings is 1. The molecule has 10 heteroatoms. The molecule has 3 N–H and O–H groups in total. The van der Waals surface area contributed by atoms with Gasteiger partial charge in [-0.25, -0.2) is 13.4 Å². The summed E-state index contributed by atoms with van der Waals surface area (Å²) >= 11 is 1.58. The van der Waals surface area contributed by atoms with Gasteiger partial charge in [-0.05, 0) is 55.3 Å². The molecule has 0 unspecified atom stereocenters. The minimum absolute atomic E-state index is 0.137. The quantitative estimate of drug-likeness (QED) is 0.368. The zero-order valence-corrected chi connectivity index (χ0v) is 18.9. The molecule has 0 amide bonds. The molecule has 5 rings (SSSR count). The largest absolute Gasteiger partial charge is 0.355 e. The molecule has 1 aliphatic rings. The van der Waals surface area contributed by atoms with Gasteiger partial charge in [-0.3, -0.25) is 14.1 Å². The standard InChI is InChI=1S/C21H21N3O4S3/c25-30(26)9-6-15(7-10-30)31(27,28)16-2-3-18-17(12-16)19(5-8-22-18)24-14-1-4-21-20(11-14)23-13-29-21/h1-5,8,11-13,15,25-26H,6-7,9-10H2,(H,22,24). The molecular formula is C21H21N3O4S3. The fraction of sp³-hybridized carbons (Fsp3) is 0.238. The highest BCUT2D eigenvalue weighted by Gasteiger charge is 2.34. The number of hydrogen-bond donors (Lipinski definition) is 3. The Hall–Kier alpha value is -2.24. The van der Waals surface area contributed by atoms with E-state index in [1.165, 1.54) is 0 Å². The third kappa shape index (κ3) is 4.01. The van der Waals surface area contributed by atoms with E-state index in [2.05, 4.69) is 15.3 Å². The van der Waals surface area contributed by atoms with Crippen LogP contribution in [0.15, 0.2) is 59.1 Å². The summed E-state index contributed by atoms with van der Waals surface area (Å²) < 4.78 is 47.2. The van der Waals surface area contributed by atoms with Gasteiger partial charge in [0.05, 0.1) is 31.4 Å². The van der Waals surface area contributed by atoms with Gasteiger partial charge in [-0.15, -0.1) is 11.3 Å². The van der Waals surface area contributed by atoms with E-state index >= 15 is 0 Å². The molecule has 7 nitrogen and oxygen atoms in total. The molecule has 31 heavy (non-hydrogen) atoms. The Bertz CT molecular complexity index is 1380. The van der Waals surface area contributed by atoms with Gasteiger partial charge in [-0.1, -0.05) is 0 Å². The van der Waals surface area contributed by atoms with Crippen LogP contribution in [0.1, 0.15) is 12.8 Å². The summed E-state index contributed by atoms with van der Waals surface area (Å²) in [5.74, 6) is 0.274. The van der Waals surface area contributed by atoms with Crippen LogP contribution in [0.25, 0.3) is 21.1 Å². The van der Waals surface area contributed by atoms with E-state index in [1.807, 2.05) is 24.3 Å². The predicted octanol–water partition coefficient (Wildman–Crippen LogP) is 5.27. The van der Waals surface area contributed by atoms with Gasteiger partial charge in [0.15, 0.2) is 9.84 Å². The lowest BCUT2D eigenvalue weighted by Gasteiger charge is -2.38. The normalized spacial score (nSPS) is 18.3. The maximum Gasteiger partial charge on any atom is 0.181 e. The summed E-state index contributed by atoms with van der Waals surface area (Å²) in [5.41, 5.74) is 5.01. The van der Waals surface area contributed by atoms with Gasteiger partial charge >= 0.3 is 0 Å². The molecule has 0 spiro atoms. The first-order chi connectivity index (χ1) is 14.8. The number of fused-ring (bicyclic) bond motifs is 2. The Morgan fingerprint density at radius 2 is 1.81 bits per heavy atom. The van der Waals surface area contributed by atoms with Crippen LogP contribution in [-0.4, -0.2) is 44.2 Å². The number of sulfone groups is 1. The van der Waals surface area contributed by atoms with Crippen LogP contribution in [0.2, 0.25) is 0 Å². The van der Waals surface area contributed by atoms with E-state index in [0.29, 0.717) is 10.9 Å². The van der Waals surface area contributed by atoms with E-state index in [9.17, 15) is 17.5 Å². The van der Waals surface area contributed by atoms with Gasteiger partial charge < -0.3 is 5.32 Å². The number of rotatable bonds is 4. The summed E-state index contributed by atoms with van der Waals surface area (Å²) in [5, 5.41) is 3.47. The zero-order chi connectivity index (χ0) is 21.6. The number of aromatic nitrogens is 2. The lowest BCUT2D eigenvalue weighted by Crippen LogP contribution is -2.31. The maximum absolute atomic E-state index is 13.2. The van der Waals surface area contributed by atoms with Crippen LogP contribution in [0.3, 0.4) is 0 Å². The van der Waals surface area contributed by atoms with Crippen molar-refractivity contribution in [3.05, 3.63) is 54.2 Å². The third-order valence-corrected chi connectivity index (χ3v) is 10.5. The predicted molar refractivity (Wildman–Crippen MR) is 127 cm³/mol. The first kappa shape index (κ1) is 20.7. The Morgan fingerprint density at radius 1 is 1.00 bits per heavy atom. The van der Waals surface area contributed by atoms with Gasteiger partial charge in [-0.2, -0.15) is 10.6 Å². The molecule has 4 aromatic rings. The highest BCUT2D eigenvalue weighted by Crippen LogP contribution is 2.46. The van der Waals surface area contributed by atoms with Crippen molar-refractivity contribution >= 4 is 64.3 Å². The zero-order valence-electron chi connectivity index (χ0n) is 16.4. The Morgan fingerprint density at radius 3 is 2.61 bits per heavy atom. The fourth-order valence-electron chi connectivity index (χ4n) is 3.89. The van der Waals surface area contributed by atoms with E-state index < -0.39 is 25.7 Å². The molecule has 0 atom stereocenters. The first-order valence-electron chi connectivity index (χ1n) is 9.78. The number of hydrogen-bond acceptors (Lipinski definition) is 8. The second kappa shape index (κ2) is 7.72. The Balaban J connectivity index is 1.50. The second-order valence-electron chi connectivity index (χ2n) is 7.65. The summed E-state index contributed by atoms with van der Waals surface area (Å²) in [6.07, 6.45) is 2.20. The van der Waals surface area contributed by atoms with Gasteiger partial charge in [0, 0.05) is 34.5 Å². The van der Waals surface area contributed by atoms with E-state index in [4.69, 9.17) is 0 Å². The van der Waals surface area contributed by atoms with E-state index in [-0.39, 0.29) is 29.2 Å². The SMILES string of the molecule is O=S(=O)(c1ccc2nccc(Nc3ccc4scnc4c3)c2c1)C1CCS(O)(O)CC1. The molecule has 1 fully saturated rings. The van der Waals surface area contributed by atoms with E-state index in [1.54, 1.807) is 41.2 Å². The van der Waals surface area contributed by atoms with Gasteiger partial charge in [0.1, 0.15) is 0 Å². The fourth-order valence-corrected chi connectivity index (χ4v) is 8.16. The Kier molecular flexibility index (Phi) is 5.14. The smallest absolute Gasteiger partial charge is 0.181 e. The number of thiazole rings is 1. The van der Waals surface area contributed by atoms with Crippen LogP contribution in [0.4, 0.5) is 11.4 Å². The van der Waals surface area contributed by atoms with Crippen molar-refractivity contribution in [2.24, 2.45) is 0 Å². The van der Waals surface area contributed by atoms with Crippen molar-refractivity contribution in [2.45, 2.75) is 23.0 Å². The van der Waals surface area contributed by atoms with Crippen molar-refractivity contribution in [2.75, 3.05) is 16.8 Å². The van der Waals surface area contributed by atoms with Crippen molar-refractivity contribution in [1.82, 2.24) is 9.97 Å². The van der Waals surface area contributed by atoms with Crippen LogP contribution < -0.4 is 5.32 Å². The average Bonchev–Trinajstić information content (AvgIpc) is 3.21. The molecule has 2 aromatic carbocycles. The van der Waals surface area contributed by atoms with Crippen LogP contribution in [0, 0.1) is 0 Å². The summed E-state index contributed by atoms with van der Waals surface area (Å²) in [4.78, 5) is 8.95. The minimum Gasteiger partial charge on any atom is -0.355 e. The molecular weight excluding hydrogens is 454 g/mol. The molecule has 3 heterocycles. The summed E-state index contributed by atoms with van der Waals surface area (Å²) in [7, 11) is -6.22. The topological polar surface area (TPSA) is 112 Å². The molecule has 0 radical (unpaired) electrons. The maximum atomic E-state index is 13.2. The van der Waals surface area contributed by atoms with Gasteiger partial charge in [0.25, 0.3) is 0 Å². The number of nitrogens with zero attached hydrogens (tertiary/aromatic N) is 2. The number of anilines is 2. The summed E-state index contributed by atoms with van der Waals surface area (Å²) in [6, 6.07) is 12.7. The van der Waals surface area contributed by atoms with E-state index in [0.717, 1.165) is 21.6 Å². The lowest BCUT2D eigenvalue weighted by molar-refractivity contribution is 0.467. The average molecular weight is 476 g/mol. The highest BCUT2D eigenvalue weighted by molar-refractivity contribution is 8.24. The van der Waals surface area contributed by atoms with Crippen molar-refractivity contribution in [3.63, 3.8) is 0 Å². The molecule has 1 aliphatic heterocycles.